The highest BCUT2D eigenvalue weighted by molar-refractivity contribution is 5.99. The highest BCUT2D eigenvalue weighted by atomic mass is 19.1. The zero-order valence-electron chi connectivity index (χ0n) is 26.1. The fourth-order valence-corrected chi connectivity index (χ4v) is 6.84. The van der Waals surface area contributed by atoms with Crippen molar-refractivity contribution in [3.63, 3.8) is 0 Å². The zero-order valence-corrected chi connectivity index (χ0v) is 26.1. The Hall–Kier alpha value is -3.56. The van der Waals surface area contributed by atoms with Gasteiger partial charge in [0.05, 0.1) is 0 Å². The van der Waals surface area contributed by atoms with Crippen molar-refractivity contribution in [1.29, 1.82) is 0 Å². The molecule has 2 aromatic carbocycles. The summed E-state index contributed by atoms with van der Waals surface area (Å²) in [4.78, 5) is 42.9. The Morgan fingerprint density at radius 2 is 1.69 bits per heavy atom. The monoisotopic (exact) mass is 618 g/mol. The maximum Gasteiger partial charge on any atom is 0.246 e. The number of piperidine rings is 1. The smallest absolute Gasteiger partial charge is 0.246 e. The molecule has 2 heterocycles. The third kappa shape index (κ3) is 9.71. The summed E-state index contributed by atoms with van der Waals surface area (Å²) in [6, 6.07) is 14.9. The molecule has 2 aromatic rings. The number of halogens is 1. The van der Waals surface area contributed by atoms with E-state index in [4.69, 9.17) is 4.74 Å². The van der Waals surface area contributed by atoms with Crippen LogP contribution in [-0.4, -0.2) is 73.6 Å². The zero-order chi connectivity index (χ0) is 31.5. The van der Waals surface area contributed by atoms with Crippen molar-refractivity contribution < 1.29 is 23.5 Å². The van der Waals surface area contributed by atoms with Gasteiger partial charge in [-0.2, -0.15) is 0 Å². The Bertz CT molecular complexity index is 1300. The number of nitrogens with one attached hydrogen (secondary N) is 3. The van der Waals surface area contributed by atoms with Crippen molar-refractivity contribution in [3.05, 3.63) is 77.6 Å². The number of benzene rings is 2. The second-order valence-corrected chi connectivity index (χ2v) is 12.9. The number of ether oxygens (including phenoxy) is 1. The van der Waals surface area contributed by atoms with Crippen molar-refractivity contribution >= 4 is 23.8 Å². The van der Waals surface area contributed by atoms with Crippen molar-refractivity contribution in [2.75, 3.05) is 39.4 Å². The number of hydrogen-bond acceptors (Lipinski definition) is 5. The molecule has 2 aliphatic heterocycles. The molecule has 3 N–H and O–H groups in total. The number of carbonyl (C=O) groups is 3. The Morgan fingerprint density at radius 3 is 2.40 bits per heavy atom. The molecule has 9 heteroatoms. The van der Waals surface area contributed by atoms with E-state index in [2.05, 4.69) is 20.9 Å². The highest BCUT2D eigenvalue weighted by Gasteiger charge is 2.43. The van der Waals surface area contributed by atoms with E-state index in [1.54, 1.807) is 12.1 Å². The van der Waals surface area contributed by atoms with E-state index in [1.807, 2.05) is 30.3 Å². The number of rotatable bonds is 12. The third-order valence-electron chi connectivity index (χ3n) is 9.56. The molecule has 3 fully saturated rings. The van der Waals surface area contributed by atoms with Gasteiger partial charge in [-0.25, -0.2) is 4.39 Å². The second kappa shape index (κ2) is 16.1. The topological polar surface area (TPSA) is 99.8 Å². The van der Waals surface area contributed by atoms with E-state index < -0.39 is 17.5 Å². The molecule has 0 spiro atoms. The number of nitrogens with zero attached hydrogens (tertiary/aromatic N) is 1. The van der Waals surface area contributed by atoms with Gasteiger partial charge in [0.15, 0.2) is 0 Å². The number of hydrogen-bond donors (Lipinski definition) is 3. The Morgan fingerprint density at radius 1 is 0.956 bits per heavy atom. The van der Waals surface area contributed by atoms with Gasteiger partial charge in [-0.1, -0.05) is 55.3 Å². The average Bonchev–Trinajstić information content (AvgIpc) is 3.54. The first-order valence-corrected chi connectivity index (χ1v) is 16.6. The van der Waals surface area contributed by atoms with E-state index in [1.165, 1.54) is 24.3 Å². The van der Waals surface area contributed by atoms with E-state index >= 15 is 0 Å². The summed E-state index contributed by atoms with van der Waals surface area (Å²) >= 11 is 0. The van der Waals surface area contributed by atoms with Crippen LogP contribution in [0.4, 0.5) is 4.39 Å². The van der Waals surface area contributed by atoms with Crippen molar-refractivity contribution in [2.24, 2.45) is 11.8 Å². The molecule has 3 amide bonds. The van der Waals surface area contributed by atoms with Crippen LogP contribution < -0.4 is 16.0 Å². The minimum atomic E-state index is -1.10. The molecule has 0 radical (unpaired) electrons. The summed E-state index contributed by atoms with van der Waals surface area (Å²) in [5.41, 5.74) is 0.400. The standard InChI is InChI=1S/C36H47FN4O4/c37-31-10-6-9-28(23-31)11-12-33(42)40-36(17-4-5-18-36)35(44)39-32(24-27-7-2-1-3-8-27)34(43)38-25-29-13-19-41(20-14-29)26-30-15-21-45-22-16-30/h1-3,6-12,23,29-30,32H,4-5,13-22,24-26H2,(H,38,43)(H,39,44)(H,40,42)/b12-11+/t32-/m1/s1. The molecule has 1 atom stereocenters. The summed E-state index contributed by atoms with van der Waals surface area (Å²) in [7, 11) is 0. The van der Waals surface area contributed by atoms with E-state index in [0.29, 0.717) is 37.3 Å². The first-order chi connectivity index (χ1) is 21.9. The third-order valence-corrected chi connectivity index (χ3v) is 9.56. The van der Waals surface area contributed by atoms with Gasteiger partial charge in [-0.15, -0.1) is 0 Å². The van der Waals surface area contributed by atoms with Crippen molar-refractivity contribution in [3.8, 4) is 0 Å². The van der Waals surface area contributed by atoms with Crippen LogP contribution >= 0.6 is 0 Å². The van der Waals surface area contributed by atoms with Gasteiger partial charge in [-0.3, -0.25) is 14.4 Å². The maximum atomic E-state index is 13.8. The summed E-state index contributed by atoms with van der Waals surface area (Å²) in [5, 5.41) is 9.09. The van der Waals surface area contributed by atoms with Gasteiger partial charge in [0, 0.05) is 38.8 Å². The Kier molecular flexibility index (Phi) is 11.8. The van der Waals surface area contributed by atoms with Gasteiger partial charge in [-0.05, 0) is 92.8 Å². The quantitative estimate of drug-likeness (QED) is 0.309. The molecule has 45 heavy (non-hydrogen) atoms. The van der Waals surface area contributed by atoms with Crippen molar-refractivity contribution in [1.82, 2.24) is 20.9 Å². The van der Waals surface area contributed by atoms with Crippen LogP contribution in [0.3, 0.4) is 0 Å². The molecule has 242 valence electrons. The van der Waals surface area contributed by atoms with Gasteiger partial charge in [0.2, 0.25) is 17.7 Å². The maximum absolute atomic E-state index is 13.8. The number of amides is 3. The van der Waals surface area contributed by atoms with Crippen LogP contribution in [0.15, 0.2) is 60.7 Å². The van der Waals surface area contributed by atoms with E-state index in [0.717, 1.165) is 82.9 Å². The molecular weight excluding hydrogens is 571 g/mol. The molecule has 1 aliphatic carbocycles. The number of carbonyl (C=O) groups excluding carboxylic acids is 3. The van der Waals surface area contributed by atoms with Gasteiger partial charge in [0.25, 0.3) is 0 Å². The molecule has 0 unspecified atom stereocenters. The first kappa shape index (κ1) is 32.8. The molecule has 0 aromatic heterocycles. The van der Waals surface area contributed by atoms with Crippen LogP contribution in [0.25, 0.3) is 6.08 Å². The fraction of sp³-hybridized carbons (Fsp3) is 0.528. The minimum Gasteiger partial charge on any atom is -0.381 e. The summed E-state index contributed by atoms with van der Waals surface area (Å²) in [5.74, 6) is -0.244. The molecule has 2 saturated heterocycles. The van der Waals surface area contributed by atoms with Crippen LogP contribution in [0.1, 0.15) is 62.5 Å². The van der Waals surface area contributed by atoms with Gasteiger partial charge < -0.3 is 25.6 Å². The molecule has 1 saturated carbocycles. The Balaban J connectivity index is 1.18. The van der Waals surface area contributed by atoms with Crippen LogP contribution in [-0.2, 0) is 25.5 Å². The summed E-state index contributed by atoms with van der Waals surface area (Å²) < 4.78 is 19.1. The number of likely N-dealkylation sites (tertiary alicyclic amines) is 1. The average molecular weight is 619 g/mol. The highest BCUT2D eigenvalue weighted by Crippen LogP contribution is 2.30. The predicted molar refractivity (Wildman–Crippen MR) is 173 cm³/mol. The summed E-state index contributed by atoms with van der Waals surface area (Å²) in [6.07, 6.45) is 10.1. The lowest BCUT2D eigenvalue weighted by molar-refractivity contribution is -0.135. The van der Waals surface area contributed by atoms with E-state index in [9.17, 15) is 18.8 Å². The van der Waals surface area contributed by atoms with Gasteiger partial charge in [0.1, 0.15) is 17.4 Å². The molecule has 0 bridgehead atoms. The second-order valence-electron chi connectivity index (χ2n) is 12.9. The fourth-order valence-electron chi connectivity index (χ4n) is 6.84. The molecule has 8 nitrogen and oxygen atoms in total. The van der Waals surface area contributed by atoms with Crippen LogP contribution in [0.5, 0.6) is 0 Å². The van der Waals surface area contributed by atoms with Crippen LogP contribution in [0.2, 0.25) is 0 Å². The predicted octanol–water partition coefficient (Wildman–Crippen LogP) is 4.25. The van der Waals surface area contributed by atoms with E-state index in [-0.39, 0.29) is 17.6 Å². The SMILES string of the molecule is O=C(/C=C/c1cccc(F)c1)NC1(C(=O)N[C@H](Cc2ccccc2)C(=O)NCC2CCN(CC3CCOCC3)CC2)CCCC1. The first-order valence-electron chi connectivity index (χ1n) is 16.6. The minimum absolute atomic E-state index is 0.206. The normalized spacial score (nSPS) is 20.1. The van der Waals surface area contributed by atoms with Crippen LogP contribution in [0, 0.1) is 17.7 Å². The lowest BCUT2D eigenvalue weighted by Gasteiger charge is -2.35. The summed E-state index contributed by atoms with van der Waals surface area (Å²) in [6.45, 7) is 5.53. The molecule has 3 aliphatic rings. The van der Waals surface area contributed by atoms with Crippen molar-refractivity contribution in [2.45, 2.75) is 69.4 Å². The lowest BCUT2D eigenvalue weighted by Crippen LogP contribution is -2.61. The lowest BCUT2D eigenvalue weighted by atomic mass is 9.93. The molecular formula is C36H47FN4O4. The van der Waals surface area contributed by atoms with Gasteiger partial charge >= 0.3 is 0 Å². The molecule has 5 rings (SSSR count). The Labute approximate surface area is 266 Å². The largest absolute Gasteiger partial charge is 0.381 e.